The molecule has 24 heavy (non-hydrogen) atoms. The molecule has 0 atom stereocenters. The van der Waals surface area contributed by atoms with Gasteiger partial charge in [-0.05, 0) is 71.7 Å². The first kappa shape index (κ1) is 20.1. The fraction of sp³-hybridized carbons (Fsp3) is 0.952. The lowest BCUT2D eigenvalue weighted by atomic mass is 9.80. The Bertz CT molecular complexity index is 436. The lowest BCUT2D eigenvalue weighted by Gasteiger charge is -2.28. The third kappa shape index (κ3) is 5.97. The van der Waals surface area contributed by atoms with Crippen LogP contribution in [0.4, 0.5) is 0 Å². The number of carbonyl (C=O) groups excluding carboxylic acids is 1. The van der Waals surface area contributed by atoms with Gasteiger partial charge in [-0.3, -0.25) is 4.79 Å². The van der Waals surface area contributed by atoms with Crippen LogP contribution in [-0.2, 0) is 4.79 Å². The molecule has 0 aromatic carbocycles. The molecule has 0 radical (unpaired) electrons. The predicted molar refractivity (Wildman–Crippen MR) is 106 cm³/mol. The monoisotopic (exact) mass is 353 g/mol. The standard InChI is InChI=1S/C21H39NOS/c1-18(2,3)11-12-22-17(23)13-20-7-9-21(14-20,10-8-20)16-24-15-19(4,5)6/h7-16H2,1-6H3,(H,22,23). The number of thioether (sulfide) groups is 1. The molecule has 2 nitrogen and oxygen atoms in total. The molecule has 2 saturated carbocycles. The molecule has 2 aliphatic carbocycles. The zero-order valence-electron chi connectivity index (χ0n) is 16.9. The van der Waals surface area contributed by atoms with Crippen LogP contribution in [-0.4, -0.2) is 24.0 Å². The molecule has 2 rings (SSSR count). The molecule has 0 aromatic heterocycles. The Morgan fingerprint density at radius 1 is 0.958 bits per heavy atom. The lowest BCUT2D eigenvalue weighted by Crippen LogP contribution is -2.31. The Balaban J connectivity index is 1.76. The van der Waals surface area contributed by atoms with E-state index < -0.39 is 0 Å². The summed E-state index contributed by atoms with van der Waals surface area (Å²) in [7, 11) is 0. The highest BCUT2D eigenvalue weighted by Gasteiger charge is 2.54. The van der Waals surface area contributed by atoms with E-state index in [1.165, 1.54) is 43.6 Å². The third-order valence-electron chi connectivity index (χ3n) is 5.80. The number of fused-ring (bicyclic) bond motifs is 2. The summed E-state index contributed by atoms with van der Waals surface area (Å²) in [6.07, 6.45) is 8.36. The SMILES string of the molecule is CC(C)(C)CCNC(=O)CC12CCC(CSCC(C)(C)C)(CC1)C2. The first-order valence-corrected chi connectivity index (χ1v) is 10.9. The molecule has 140 valence electrons. The van der Waals surface area contributed by atoms with Gasteiger partial charge in [-0.15, -0.1) is 0 Å². The maximum Gasteiger partial charge on any atom is 0.220 e. The Morgan fingerprint density at radius 2 is 1.54 bits per heavy atom. The Kier molecular flexibility index (Phi) is 6.05. The fourth-order valence-electron chi connectivity index (χ4n) is 4.45. The summed E-state index contributed by atoms with van der Waals surface area (Å²) in [6.45, 7) is 14.5. The Morgan fingerprint density at radius 3 is 2.08 bits per heavy atom. The second kappa shape index (κ2) is 7.21. The van der Waals surface area contributed by atoms with E-state index in [4.69, 9.17) is 0 Å². The van der Waals surface area contributed by atoms with E-state index in [-0.39, 0.29) is 0 Å². The van der Waals surface area contributed by atoms with Crippen molar-refractivity contribution in [3.8, 4) is 0 Å². The molecule has 0 aliphatic heterocycles. The number of hydrogen-bond donors (Lipinski definition) is 1. The third-order valence-corrected chi connectivity index (χ3v) is 7.68. The summed E-state index contributed by atoms with van der Waals surface area (Å²) in [5.41, 5.74) is 1.59. The number of rotatable bonds is 7. The number of hydrogen-bond acceptors (Lipinski definition) is 2. The molecule has 0 spiro atoms. The second-order valence-corrected chi connectivity index (χ2v) is 12.1. The molecule has 0 unspecified atom stereocenters. The maximum atomic E-state index is 12.4. The summed E-state index contributed by atoms with van der Waals surface area (Å²) < 4.78 is 0. The topological polar surface area (TPSA) is 29.1 Å². The molecule has 0 heterocycles. The van der Waals surface area contributed by atoms with Gasteiger partial charge in [0.15, 0.2) is 0 Å². The van der Waals surface area contributed by atoms with Gasteiger partial charge in [-0.1, -0.05) is 41.5 Å². The summed E-state index contributed by atoms with van der Waals surface area (Å²) in [5, 5.41) is 3.18. The van der Waals surface area contributed by atoms with Crippen molar-refractivity contribution < 1.29 is 4.79 Å². The van der Waals surface area contributed by atoms with Crippen LogP contribution < -0.4 is 5.32 Å². The van der Waals surface area contributed by atoms with Crippen LogP contribution in [0.1, 0.15) is 86.5 Å². The van der Waals surface area contributed by atoms with Crippen LogP contribution >= 0.6 is 11.8 Å². The van der Waals surface area contributed by atoms with Crippen LogP contribution in [0, 0.1) is 21.7 Å². The summed E-state index contributed by atoms with van der Waals surface area (Å²) >= 11 is 2.14. The average Bonchev–Trinajstić information content (AvgIpc) is 2.90. The van der Waals surface area contributed by atoms with Crippen LogP contribution in [0.25, 0.3) is 0 Å². The van der Waals surface area contributed by atoms with Gasteiger partial charge in [0.25, 0.3) is 0 Å². The van der Waals surface area contributed by atoms with Crippen LogP contribution in [0.5, 0.6) is 0 Å². The zero-order valence-corrected chi connectivity index (χ0v) is 17.7. The molecule has 2 bridgehead atoms. The van der Waals surface area contributed by atoms with Crippen molar-refractivity contribution in [1.29, 1.82) is 0 Å². The summed E-state index contributed by atoms with van der Waals surface area (Å²) in [5.74, 6) is 2.84. The van der Waals surface area contributed by atoms with Gasteiger partial charge in [-0.25, -0.2) is 0 Å². The Labute approximate surface area is 154 Å². The van der Waals surface area contributed by atoms with Crippen LogP contribution in [0.3, 0.4) is 0 Å². The van der Waals surface area contributed by atoms with E-state index in [0.717, 1.165) is 19.4 Å². The van der Waals surface area contributed by atoms with Gasteiger partial charge in [-0.2, -0.15) is 11.8 Å². The fourth-order valence-corrected chi connectivity index (χ4v) is 5.99. The van der Waals surface area contributed by atoms with Crippen molar-refractivity contribution in [2.75, 3.05) is 18.1 Å². The molecular formula is C21H39NOS. The second-order valence-electron chi connectivity index (χ2n) is 11.1. The molecule has 1 amide bonds. The van der Waals surface area contributed by atoms with E-state index in [9.17, 15) is 4.79 Å². The van der Waals surface area contributed by atoms with Gasteiger partial charge in [0.1, 0.15) is 0 Å². The van der Waals surface area contributed by atoms with E-state index in [1.54, 1.807) is 0 Å². The van der Waals surface area contributed by atoms with Gasteiger partial charge in [0.2, 0.25) is 5.91 Å². The molecule has 0 aromatic rings. The first-order chi connectivity index (χ1) is 10.9. The molecule has 2 fully saturated rings. The van der Waals surface area contributed by atoms with Gasteiger partial charge < -0.3 is 5.32 Å². The quantitative estimate of drug-likeness (QED) is 0.640. The van der Waals surface area contributed by atoms with E-state index in [1.807, 2.05) is 0 Å². The lowest BCUT2D eigenvalue weighted by molar-refractivity contribution is -0.123. The van der Waals surface area contributed by atoms with Crippen LogP contribution in [0.15, 0.2) is 0 Å². The van der Waals surface area contributed by atoms with Crippen molar-refractivity contribution >= 4 is 17.7 Å². The highest BCUT2D eigenvalue weighted by molar-refractivity contribution is 7.99. The highest BCUT2D eigenvalue weighted by Crippen LogP contribution is 2.63. The number of nitrogens with one attached hydrogen (secondary N) is 1. The van der Waals surface area contributed by atoms with E-state index >= 15 is 0 Å². The maximum absolute atomic E-state index is 12.4. The smallest absolute Gasteiger partial charge is 0.220 e. The average molecular weight is 354 g/mol. The number of amides is 1. The van der Waals surface area contributed by atoms with E-state index in [0.29, 0.717) is 27.6 Å². The predicted octanol–water partition coefficient (Wildman–Crippen LogP) is 5.66. The van der Waals surface area contributed by atoms with Crippen molar-refractivity contribution in [3.63, 3.8) is 0 Å². The molecule has 0 saturated heterocycles. The van der Waals surface area contributed by atoms with Gasteiger partial charge in [0, 0.05) is 13.0 Å². The minimum atomic E-state index is 0.291. The molecule has 2 aliphatic rings. The first-order valence-electron chi connectivity index (χ1n) is 9.77. The minimum Gasteiger partial charge on any atom is -0.356 e. The van der Waals surface area contributed by atoms with Crippen molar-refractivity contribution in [2.45, 2.75) is 86.5 Å². The van der Waals surface area contributed by atoms with Crippen LogP contribution in [0.2, 0.25) is 0 Å². The summed E-state index contributed by atoms with van der Waals surface area (Å²) in [6, 6.07) is 0. The largest absolute Gasteiger partial charge is 0.356 e. The molecular weight excluding hydrogens is 314 g/mol. The normalized spacial score (nSPS) is 29.9. The number of carbonyl (C=O) groups is 1. The van der Waals surface area contributed by atoms with Gasteiger partial charge >= 0.3 is 0 Å². The molecule has 1 N–H and O–H groups in total. The van der Waals surface area contributed by atoms with E-state index in [2.05, 4.69) is 58.6 Å². The van der Waals surface area contributed by atoms with Crippen molar-refractivity contribution in [3.05, 3.63) is 0 Å². The highest BCUT2D eigenvalue weighted by atomic mass is 32.2. The minimum absolute atomic E-state index is 0.291. The Hall–Kier alpha value is -0.180. The van der Waals surface area contributed by atoms with Gasteiger partial charge in [0.05, 0.1) is 0 Å². The van der Waals surface area contributed by atoms with Crippen molar-refractivity contribution in [2.24, 2.45) is 21.7 Å². The summed E-state index contributed by atoms with van der Waals surface area (Å²) in [4.78, 5) is 12.4. The molecule has 3 heteroatoms. The van der Waals surface area contributed by atoms with Crippen molar-refractivity contribution in [1.82, 2.24) is 5.32 Å². The zero-order chi connectivity index (χ0) is 18.1.